The minimum atomic E-state index is -1.22. The van der Waals surface area contributed by atoms with Crippen molar-refractivity contribution in [2.24, 2.45) is 0 Å². The molecule has 3 aromatic rings. The summed E-state index contributed by atoms with van der Waals surface area (Å²) in [5.41, 5.74) is 2.03. The molecule has 6 atom stereocenters. The Bertz CT molecular complexity index is 1130. The smallest absolute Gasteiger partial charge is 0.167 e. The van der Waals surface area contributed by atoms with Crippen molar-refractivity contribution < 1.29 is 29.5 Å². The Hall–Kier alpha value is -2.83. The zero-order valence-electron chi connectivity index (χ0n) is 18.8. The number of benzene rings is 1. The summed E-state index contributed by atoms with van der Waals surface area (Å²) in [6.07, 6.45) is 1.63. The van der Waals surface area contributed by atoms with E-state index in [0.717, 1.165) is 30.6 Å². The number of anilines is 1. The number of imidazole rings is 1. The van der Waals surface area contributed by atoms with Crippen molar-refractivity contribution in [3.8, 4) is 5.75 Å². The van der Waals surface area contributed by atoms with Gasteiger partial charge in [-0.05, 0) is 37.0 Å². The number of hydrogen-bond donors (Lipinski definition) is 4. The average molecular weight is 472 g/mol. The molecule has 5 rings (SSSR count). The van der Waals surface area contributed by atoms with Crippen LogP contribution >= 0.6 is 0 Å². The van der Waals surface area contributed by atoms with Crippen molar-refractivity contribution in [2.75, 3.05) is 19.0 Å². The highest BCUT2D eigenvalue weighted by Crippen LogP contribution is 2.33. The van der Waals surface area contributed by atoms with Gasteiger partial charge in [-0.15, -0.1) is 0 Å². The minimum Gasteiger partial charge on any atom is -0.497 e. The SMILES string of the molecule is COc1cccc(CO[C@@H]2CCC[C@H]2Nc2ncnc3c2ncn3[C@@H]2O[C@H](CO)[C@@H](O)[C@H]2O)c1. The van der Waals surface area contributed by atoms with Gasteiger partial charge in [-0.3, -0.25) is 4.57 Å². The zero-order chi connectivity index (χ0) is 23.7. The molecule has 1 saturated carbocycles. The Morgan fingerprint density at radius 2 is 2.06 bits per heavy atom. The molecule has 34 heavy (non-hydrogen) atoms. The number of aliphatic hydroxyl groups excluding tert-OH is 3. The maximum Gasteiger partial charge on any atom is 0.167 e. The second-order valence-electron chi connectivity index (χ2n) is 8.66. The van der Waals surface area contributed by atoms with E-state index >= 15 is 0 Å². The summed E-state index contributed by atoms with van der Waals surface area (Å²) in [5, 5.41) is 33.3. The number of nitrogens with zero attached hydrogens (tertiary/aromatic N) is 4. The summed E-state index contributed by atoms with van der Waals surface area (Å²) in [7, 11) is 1.65. The molecule has 2 aliphatic rings. The molecule has 3 heterocycles. The third-order valence-electron chi connectivity index (χ3n) is 6.52. The van der Waals surface area contributed by atoms with Crippen LogP contribution in [0, 0.1) is 0 Å². The molecule has 11 heteroatoms. The second kappa shape index (κ2) is 9.80. The number of aliphatic hydroxyl groups is 3. The number of nitrogens with one attached hydrogen (secondary N) is 1. The lowest BCUT2D eigenvalue weighted by Crippen LogP contribution is -2.33. The fraction of sp³-hybridized carbons (Fsp3) is 0.522. The van der Waals surface area contributed by atoms with E-state index in [1.807, 2.05) is 24.3 Å². The highest BCUT2D eigenvalue weighted by Gasteiger charge is 2.44. The van der Waals surface area contributed by atoms with E-state index in [-0.39, 0.29) is 12.1 Å². The predicted octanol–water partition coefficient (Wildman–Crippen LogP) is 0.996. The van der Waals surface area contributed by atoms with Gasteiger partial charge < -0.3 is 34.8 Å². The number of fused-ring (bicyclic) bond motifs is 1. The maximum absolute atomic E-state index is 10.4. The first kappa shape index (κ1) is 22.9. The van der Waals surface area contributed by atoms with Crippen LogP contribution in [0.4, 0.5) is 5.82 Å². The lowest BCUT2D eigenvalue weighted by Gasteiger charge is -2.22. The number of ether oxygens (including phenoxy) is 3. The van der Waals surface area contributed by atoms with Gasteiger partial charge >= 0.3 is 0 Å². The molecule has 0 unspecified atom stereocenters. The van der Waals surface area contributed by atoms with Gasteiger partial charge in [-0.1, -0.05) is 12.1 Å². The van der Waals surface area contributed by atoms with Crippen LogP contribution in [0.2, 0.25) is 0 Å². The van der Waals surface area contributed by atoms with Crippen molar-refractivity contribution in [1.29, 1.82) is 0 Å². The van der Waals surface area contributed by atoms with Gasteiger partial charge in [-0.2, -0.15) is 0 Å². The summed E-state index contributed by atoms with van der Waals surface area (Å²) in [6, 6.07) is 7.89. The van der Waals surface area contributed by atoms with Crippen molar-refractivity contribution in [3.63, 3.8) is 0 Å². The highest BCUT2D eigenvalue weighted by atomic mass is 16.6. The first-order valence-electron chi connectivity index (χ1n) is 11.4. The van der Waals surface area contributed by atoms with Crippen LogP contribution in [0.1, 0.15) is 31.1 Å². The summed E-state index contributed by atoms with van der Waals surface area (Å²) in [4.78, 5) is 13.1. The van der Waals surface area contributed by atoms with E-state index in [9.17, 15) is 15.3 Å². The Labute approximate surface area is 196 Å². The molecule has 2 aromatic heterocycles. The Morgan fingerprint density at radius 3 is 2.85 bits per heavy atom. The molecule has 2 fully saturated rings. The minimum absolute atomic E-state index is 0.0127. The standard InChI is InChI=1S/C23H29N5O6/c1-32-14-5-2-4-13(8-14)10-33-16-7-3-6-15(16)27-21-18-22(25-11-24-21)28(12-26-18)23-20(31)19(30)17(9-29)34-23/h2,4-5,8,11-12,15-17,19-20,23,29-31H,3,6-7,9-10H2,1H3,(H,24,25,27)/t15-,16-,17-,19-,20-,23-/m1/s1. The fourth-order valence-electron chi connectivity index (χ4n) is 4.69. The van der Waals surface area contributed by atoms with Gasteiger partial charge in [0, 0.05) is 0 Å². The van der Waals surface area contributed by atoms with E-state index in [1.165, 1.54) is 12.7 Å². The third kappa shape index (κ3) is 4.32. The molecule has 11 nitrogen and oxygen atoms in total. The number of rotatable bonds is 8. The first-order valence-corrected chi connectivity index (χ1v) is 11.4. The zero-order valence-corrected chi connectivity index (χ0v) is 18.8. The van der Waals surface area contributed by atoms with Gasteiger partial charge in [0.05, 0.1) is 38.8 Å². The van der Waals surface area contributed by atoms with Crippen molar-refractivity contribution in [3.05, 3.63) is 42.5 Å². The first-order chi connectivity index (χ1) is 16.6. The summed E-state index contributed by atoms with van der Waals surface area (Å²) in [5.74, 6) is 1.37. The second-order valence-corrected chi connectivity index (χ2v) is 8.66. The van der Waals surface area contributed by atoms with Crippen molar-refractivity contribution in [2.45, 2.75) is 62.6 Å². The molecule has 4 N–H and O–H groups in total. The molecule has 182 valence electrons. The normalized spacial score (nSPS) is 29.1. The van der Waals surface area contributed by atoms with Gasteiger partial charge in [0.1, 0.15) is 30.4 Å². The van der Waals surface area contributed by atoms with E-state index in [4.69, 9.17) is 14.2 Å². The maximum atomic E-state index is 10.4. The van der Waals surface area contributed by atoms with Crippen LogP contribution in [-0.2, 0) is 16.1 Å². The highest BCUT2D eigenvalue weighted by molar-refractivity contribution is 5.82. The number of hydrogen-bond acceptors (Lipinski definition) is 10. The predicted molar refractivity (Wildman–Crippen MR) is 121 cm³/mol. The van der Waals surface area contributed by atoms with Crippen LogP contribution in [-0.4, -0.2) is 79.0 Å². The van der Waals surface area contributed by atoms with Gasteiger partial charge in [-0.25, -0.2) is 15.0 Å². The van der Waals surface area contributed by atoms with Crippen LogP contribution in [0.15, 0.2) is 36.9 Å². The molecule has 0 radical (unpaired) electrons. The molecule has 0 amide bonds. The molecule has 1 saturated heterocycles. The molecule has 1 aromatic carbocycles. The lowest BCUT2D eigenvalue weighted by molar-refractivity contribution is -0.0511. The van der Waals surface area contributed by atoms with E-state index in [0.29, 0.717) is 23.6 Å². The van der Waals surface area contributed by atoms with Gasteiger partial charge in [0.25, 0.3) is 0 Å². The van der Waals surface area contributed by atoms with Gasteiger partial charge in [0.2, 0.25) is 0 Å². The summed E-state index contributed by atoms with van der Waals surface area (Å²) in [6.45, 7) is 0.0844. The van der Waals surface area contributed by atoms with E-state index in [2.05, 4.69) is 20.3 Å². The van der Waals surface area contributed by atoms with Crippen LogP contribution in [0.5, 0.6) is 5.75 Å². The van der Waals surface area contributed by atoms with Crippen molar-refractivity contribution >= 4 is 17.0 Å². The number of methoxy groups -OCH3 is 1. The average Bonchev–Trinajstić information content (AvgIpc) is 3.56. The molecule has 0 spiro atoms. The monoisotopic (exact) mass is 471 g/mol. The number of aromatic nitrogens is 4. The lowest BCUT2D eigenvalue weighted by atomic mass is 10.1. The topological polar surface area (TPSA) is 144 Å². The molecule has 0 bridgehead atoms. The quantitative estimate of drug-likeness (QED) is 0.375. The molecule has 1 aliphatic carbocycles. The molecule has 1 aliphatic heterocycles. The van der Waals surface area contributed by atoms with Crippen LogP contribution < -0.4 is 10.1 Å². The molecular formula is C23H29N5O6. The van der Waals surface area contributed by atoms with Crippen LogP contribution in [0.3, 0.4) is 0 Å². The fourth-order valence-corrected chi connectivity index (χ4v) is 4.69. The largest absolute Gasteiger partial charge is 0.497 e. The Morgan fingerprint density at radius 1 is 1.18 bits per heavy atom. The summed E-state index contributed by atoms with van der Waals surface area (Å²) < 4.78 is 18.7. The molecular weight excluding hydrogens is 442 g/mol. The Kier molecular flexibility index (Phi) is 6.61. The van der Waals surface area contributed by atoms with Crippen LogP contribution in [0.25, 0.3) is 11.2 Å². The van der Waals surface area contributed by atoms with E-state index < -0.39 is 31.1 Å². The third-order valence-corrected chi connectivity index (χ3v) is 6.52. The van der Waals surface area contributed by atoms with E-state index in [1.54, 1.807) is 11.7 Å². The Balaban J connectivity index is 1.31. The van der Waals surface area contributed by atoms with Gasteiger partial charge in [0.15, 0.2) is 23.2 Å². The van der Waals surface area contributed by atoms with Crippen molar-refractivity contribution in [1.82, 2.24) is 19.5 Å². The summed E-state index contributed by atoms with van der Waals surface area (Å²) >= 11 is 0.